The topological polar surface area (TPSA) is 293 Å². The van der Waals surface area contributed by atoms with Crippen molar-refractivity contribution in [3.8, 4) is 5.75 Å². The molecule has 0 amide bonds. The maximum absolute atomic E-state index is 12.5. The predicted molar refractivity (Wildman–Crippen MR) is 197 cm³/mol. The minimum absolute atomic E-state index is 0.0165. The number of phenolic OH excluding ortho intramolecular Hbond substituents is 1. The maximum atomic E-state index is 12.5. The minimum Gasteiger partial charge on any atom is -0.507 e. The number of para-hydroxylation sites is 1. The van der Waals surface area contributed by atoms with Gasteiger partial charge in [0.05, 0.1) is 29.7 Å². The van der Waals surface area contributed by atoms with Gasteiger partial charge in [-0.25, -0.2) is 5.26 Å². The summed E-state index contributed by atoms with van der Waals surface area (Å²) in [7, 11) is -9.98. The predicted octanol–water partition coefficient (Wildman–Crippen LogP) is 5.91. The van der Waals surface area contributed by atoms with Crippen molar-refractivity contribution >= 4 is 107 Å². The molecule has 0 aliphatic carbocycles. The molecule has 0 aliphatic heterocycles. The van der Waals surface area contributed by atoms with E-state index in [2.05, 4.69) is 39.9 Å². The van der Waals surface area contributed by atoms with Crippen LogP contribution in [-0.4, -0.2) is 81.0 Å². The molecule has 280 valence electrons. The number of aliphatic hydroxyl groups excluding tert-OH is 1. The lowest BCUT2D eigenvalue weighted by Gasteiger charge is -2.23. The summed E-state index contributed by atoms with van der Waals surface area (Å²) in [6.07, 6.45) is 0. The van der Waals surface area contributed by atoms with Crippen LogP contribution < -0.4 is 16.0 Å². The quantitative estimate of drug-likeness (QED) is 0.0116. The summed E-state index contributed by atoms with van der Waals surface area (Å²) in [5, 5.41) is 42.2. The van der Waals surface area contributed by atoms with Gasteiger partial charge < -0.3 is 26.2 Å². The van der Waals surface area contributed by atoms with Gasteiger partial charge in [-0.3, -0.25) is 9.11 Å². The van der Waals surface area contributed by atoms with Crippen LogP contribution >= 0.6 is 35.4 Å². The van der Waals surface area contributed by atoms with Gasteiger partial charge in [0, 0.05) is 34.3 Å². The van der Waals surface area contributed by atoms with Crippen LogP contribution in [0.1, 0.15) is 0 Å². The van der Waals surface area contributed by atoms with Crippen LogP contribution in [0.3, 0.4) is 0 Å². The Hall–Kier alpha value is -4.40. The van der Waals surface area contributed by atoms with E-state index in [-0.39, 0.29) is 45.1 Å². The van der Waals surface area contributed by atoms with E-state index in [1.54, 1.807) is 4.90 Å². The second kappa shape index (κ2) is 17.2. The fourth-order valence-electron chi connectivity index (χ4n) is 4.79. The monoisotopic (exact) mass is 826 g/mol. The van der Waals surface area contributed by atoms with Crippen LogP contribution in [0.2, 0.25) is 5.28 Å². The number of rotatable bonds is 16. The summed E-state index contributed by atoms with van der Waals surface area (Å²) in [6.45, 7) is 0.446. The molecule has 8 N–H and O–H groups in total. The van der Waals surface area contributed by atoms with Crippen LogP contribution in [-0.2, 0) is 29.6 Å². The molecule has 1 aromatic heterocycles. The number of thioether (sulfide) groups is 1. The number of benzene rings is 4. The lowest BCUT2D eigenvalue weighted by Crippen LogP contribution is -2.23. The van der Waals surface area contributed by atoms with E-state index in [4.69, 9.17) is 27.7 Å². The Morgan fingerprint density at radius 2 is 1.66 bits per heavy atom. The van der Waals surface area contributed by atoms with Gasteiger partial charge in [0.25, 0.3) is 20.2 Å². The molecule has 0 atom stereocenters. The first kappa shape index (κ1) is 39.8. The largest absolute Gasteiger partial charge is 0.507 e. The number of nitrogens with zero attached hydrogens (tertiary/aromatic N) is 6. The molecule has 0 unspecified atom stereocenters. The zero-order valence-corrected chi connectivity index (χ0v) is 30.7. The van der Waals surface area contributed by atoms with Gasteiger partial charge in [0.1, 0.15) is 26.9 Å². The Bertz CT molecular complexity index is 2380. The second-order valence-corrected chi connectivity index (χ2v) is 15.5. The molecule has 24 heteroatoms. The number of aromatic nitrogens is 3. The average Bonchev–Trinajstić information content (AvgIpc) is 3.10. The number of aromatic hydroxyl groups is 1. The first-order valence-electron chi connectivity index (χ1n) is 14.6. The van der Waals surface area contributed by atoms with E-state index in [1.165, 1.54) is 23.9 Å². The minimum atomic E-state index is -5.01. The zero-order valence-electron chi connectivity index (χ0n) is 26.6. The van der Waals surface area contributed by atoms with Gasteiger partial charge in [-0.05, 0) is 65.5 Å². The van der Waals surface area contributed by atoms with Crippen molar-refractivity contribution in [3.63, 3.8) is 0 Å². The number of aliphatic hydroxyl groups is 1. The fourth-order valence-corrected chi connectivity index (χ4v) is 7.33. The number of fused-ring (bicyclic) bond motifs is 1. The molecule has 0 fully saturated rings. The SMILES string of the molecule is Nc1c(S(=O)(=O)O)cc2cc(SOOO)cc(O)c2c1/N=N/c1ccc(Nc2nc(Cl)nc(N(CCSCCO)c3ccccc3)n2)cc1S(=O)(=O)O. The first-order chi connectivity index (χ1) is 25.2. The average molecular weight is 827 g/mol. The Kier molecular flexibility index (Phi) is 12.9. The lowest BCUT2D eigenvalue weighted by atomic mass is 10.1. The highest BCUT2D eigenvalue weighted by atomic mass is 35.5. The highest BCUT2D eigenvalue weighted by Gasteiger charge is 2.24. The van der Waals surface area contributed by atoms with Crippen LogP contribution in [0.5, 0.6) is 5.75 Å². The van der Waals surface area contributed by atoms with E-state index in [1.807, 2.05) is 30.3 Å². The molecule has 0 radical (unpaired) electrons. The van der Waals surface area contributed by atoms with Gasteiger partial charge >= 0.3 is 0 Å². The Morgan fingerprint density at radius 3 is 2.34 bits per heavy atom. The van der Waals surface area contributed by atoms with Crippen molar-refractivity contribution in [1.29, 1.82) is 0 Å². The number of phenols is 1. The maximum Gasteiger partial charge on any atom is 0.296 e. The van der Waals surface area contributed by atoms with Gasteiger partial charge in [-0.1, -0.05) is 23.2 Å². The highest BCUT2D eigenvalue weighted by Crippen LogP contribution is 2.45. The number of nitrogens with two attached hydrogens (primary N) is 1. The number of anilines is 5. The molecule has 1 heterocycles. The summed E-state index contributed by atoms with van der Waals surface area (Å²) >= 11 is 8.21. The molecule has 19 nitrogen and oxygen atoms in total. The smallest absolute Gasteiger partial charge is 0.296 e. The molecule has 0 spiro atoms. The Balaban J connectivity index is 1.53. The number of hydrogen-bond acceptors (Lipinski definition) is 19. The molecule has 0 saturated heterocycles. The second-order valence-electron chi connectivity index (χ2n) is 10.4. The van der Waals surface area contributed by atoms with Crippen molar-refractivity contribution in [2.45, 2.75) is 14.7 Å². The summed E-state index contributed by atoms with van der Waals surface area (Å²) in [4.78, 5) is 13.1. The van der Waals surface area contributed by atoms with Gasteiger partial charge in [0.2, 0.25) is 17.2 Å². The third kappa shape index (κ3) is 9.98. The third-order valence-corrected chi connectivity index (χ3v) is 10.4. The van der Waals surface area contributed by atoms with Crippen LogP contribution in [0, 0.1) is 0 Å². The molecular weight excluding hydrogens is 800 g/mol. The molecule has 5 rings (SSSR count). The molecule has 53 heavy (non-hydrogen) atoms. The number of nitrogens with one attached hydrogen (secondary N) is 1. The van der Waals surface area contributed by atoms with Crippen molar-refractivity contribution in [2.75, 3.05) is 40.6 Å². The van der Waals surface area contributed by atoms with Crippen molar-refractivity contribution in [3.05, 3.63) is 72.0 Å². The van der Waals surface area contributed by atoms with Crippen LogP contribution in [0.25, 0.3) is 10.8 Å². The Morgan fingerprint density at radius 1 is 0.925 bits per heavy atom. The van der Waals surface area contributed by atoms with E-state index < -0.39 is 52.8 Å². The molecular formula is C29H27ClN8O11S4. The molecule has 0 saturated carbocycles. The van der Waals surface area contributed by atoms with Crippen molar-refractivity contribution in [2.24, 2.45) is 10.2 Å². The van der Waals surface area contributed by atoms with Crippen LogP contribution in [0.4, 0.5) is 40.3 Å². The van der Waals surface area contributed by atoms with E-state index in [9.17, 15) is 31.0 Å². The lowest BCUT2D eigenvalue weighted by molar-refractivity contribution is -0.432. The highest BCUT2D eigenvalue weighted by molar-refractivity contribution is 7.99. The number of azo groups is 1. The summed E-state index contributed by atoms with van der Waals surface area (Å²) in [5.41, 5.74) is 5.23. The summed E-state index contributed by atoms with van der Waals surface area (Å²) in [6, 6.07) is 15.9. The molecule has 4 aromatic carbocycles. The standard InChI is InChI=1S/C29H27ClN8O11S4/c30-27-33-28(35-29(34-27)38(8-10-50-11-9-39)18-4-2-1-3-5-18)32-17-6-7-20(22(14-17)52(42,43)44)36-37-26-24-16(13-23(25(26)31)53(45,46)47)12-19(15-21(24)40)51-49-48-41/h1-7,12-15,39-41H,8-11,31H2,(H,42,43,44)(H,45,46,47)(H,32,33,34,35)/b37-36+. The van der Waals surface area contributed by atoms with Crippen LogP contribution in [0.15, 0.2) is 91.6 Å². The molecule has 0 bridgehead atoms. The summed E-state index contributed by atoms with van der Waals surface area (Å²) < 4.78 is 73.7. The van der Waals surface area contributed by atoms with E-state index in [0.717, 1.165) is 30.0 Å². The number of halogens is 1. The van der Waals surface area contributed by atoms with Crippen molar-refractivity contribution < 1.29 is 50.8 Å². The van der Waals surface area contributed by atoms with E-state index >= 15 is 0 Å². The Labute approximate surface area is 314 Å². The zero-order chi connectivity index (χ0) is 38.3. The normalized spacial score (nSPS) is 12.1. The molecule has 5 aromatic rings. The van der Waals surface area contributed by atoms with Crippen molar-refractivity contribution in [1.82, 2.24) is 15.0 Å². The number of hydrogen-bond donors (Lipinski definition) is 7. The fraction of sp³-hybridized carbons (Fsp3) is 0.138. The van der Waals surface area contributed by atoms with Gasteiger partial charge in [0.15, 0.2) is 0 Å². The third-order valence-electron chi connectivity index (χ3n) is 6.96. The number of nitrogen functional groups attached to an aromatic ring is 1. The van der Waals surface area contributed by atoms with E-state index in [0.29, 0.717) is 30.1 Å². The first-order valence-corrected chi connectivity index (χ1v) is 19.8. The summed E-state index contributed by atoms with van der Waals surface area (Å²) in [5.74, 6) is 0.661. The molecule has 0 aliphatic rings. The van der Waals surface area contributed by atoms with Gasteiger partial charge in [-0.2, -0.15) is 43.5 Å². The van der Waals surface area contributed by atoms with Gasteiger partial charge in [-0.15, -0.1) is 14.6 Å².